The normalized spacial score (nSPS) is 15.0. The number of aryl methyl sites for hydroxylation is 4. The first-order valence-electron chi connectivity index (χ1n) is 17.3. The Balaban J connectivity index is 0.000000249. The maximum atomic E-state index is 12.6. The molecule has 0 bridgehead atoms. The summed E-state index contributed by atoms with van der Waals surface area (Å²) in [6.07, 6.45) is 3.40. The fourth-order valence-corrected chi connectivity index (χ4v) is 7.78. The van der Waals surface area contributed by atoms with E-state index >= 15 is 0 Å². The molecule has 54 heavy (non-hydrogen) atoms. The van der Waals surface area contributed by atoms with Gasteiger partial charge in [-0.1, -0.05) is 41.7 Å². The quantitative estimate of drug-likeness (QED) is 0.176. The number of carboxylic acid groups (broad SMARTS) is 3. The number of nitrogens with zero attached hydrogens (tertiary/aromatic N) is 11. The number of pyridine rings is 1. The summed E-state index contributed by atoms with van der Waals surface area (Å²) in [5.74, 6) is -1.37. The van der Waals surface area contributed by atoms with E-state index in [-0.39, 0.29) is 36.1 Å². The molecule has 19 nitrogen and oxygen atoms in total. The molecule has 2 amide bonds. The van der Waals surface area contributed by atoms with Gasteiger partial charge in [-0.2, -0.15) is 0 Å². The van der Waals surface area contributed by atoms with Gasteiger partial charge in [0.25, 0.3) is 0 Å². The molecular weight excluding hydrogens is 743 g/mol. The largest absolute Gasteiger partial charge is 0.481 e. The molecule has 2 saturated heterocycles. The second-order valence-corrected chi connectivity index (χ2v) is 15.0. The van der Waals surface area contributed by atoms with Gasteiger partial charge in [0.1, 0.15) is 12.3 Å². The van der Waals surface area contributed by atoms with Crippen molar-refractivity contribution in [2.45, 2.75) is 85.8 Å². The summed E-state index contributed by atoms with van der Waals surface area (Å²) in [7, 11) is 0. The van der Waals surface area contributed by atoms with Gasteiger partial charge in [0, 0.05) is 48.1 Å². The van der Waals surface area contributed by atoms with Crippen LogP contribution in [0.25, 0.3) is 0 Å². The molecule has 0 aliphatic carbocycles. The van der Waals surface area contributed by atoms with Gasteiger partial charge in [0.15, 0.2) is 0 Å². The van der Waals surface area contributed by atoms with Crippen LogP contribution in [0, 0.1) is 6.92 Å². The van der Waals surface area contributed by atoms with Gasteiger partial charge in [0.05, 0.1) is 13.0 Å². The first-order chi connectivity index (χ1) is 26.0. The van der Waals surface area contributed by atoms with Crippen molar-refractivity contribution in [3.8, 4) is 5.75 Å². The van der Waals surface area contributed by atoms with Gasteiger partial charge < -0.3 is 29.9 Å². The van der Waals surface area contributed by atoms with Crippen molar-refractivity contribution in [2.24, 2.45) is 0 Å². The zero-order valence-corrected chi connectivity index (χ0v) is 31.1. The summed E-state index contributed by atoms with van der Waals surface area (Å²) >= 11 is 2.92. The molecule has 2 fully saturated rings. The van der Waals surface area contributed by atoms with Gasteiger partial charge in [-0.3, -0.25) is 14.6 Å². The second kappa shape index (κ2) is 19.7. The second-order valence-electron chi connectivity index (χ2n) is 12.5. The molecule has 0 unspecified atom stereocenters. The Labute approximate surface area is 318 Å². The summed E-state index contributed by atoms with van der Waals surface area (Å²) in [4.78, 5) is 52.4. The van der Waals surface area contributed by atoms with Crippen LogP contribution in [0.5, 0.6) is 5.75 Å². The average Bonchev–Trinajstić information content (AvgIpc) is 3.79. The third-order valence-corrected chi connectivity index (χ3v) is 11.1. The number of aliphatic carboxylic acids is 2. The topological polar surface area (TPSA) is 245 Å². The number of ether oxygens (including phenoxy) is 1. The van der Waals surface area contributed by atoms with Crippen molar-refractivity contribution in [3.63, 3.8) is 0 Å². The molecular formula is C33H41N11O8S2. The first-order valence-corrected chi connectivity index (χ1v) is 19.0. The zero-order chi connectivity index (χ0) is 38.5. The van der Waals surface area contributed by atoms with Gasteiger partial charge in [0.2, 0.25) is 10.3 Å². The predicted octanol–water partition coefficient (Wildman–Crippen LogP) is 3.38. The van der Waals surface area contributed by atoms with Crippen LogP contribution in [-0.4, -0.2) is 131 Å². The Bertz CT molecular complexity index is 1860. The van der Waals surface area contributed by atoms with Crippen molar-refractivity contribution in [2.75, 3.05) is 26.2 Å². The highest BCUT2D eigenvalue weighted by Gasteiger charge is 2.27. The summed E-state index contributed by atoms with van der Waals surface area (Å²) in [5.41, 5.74) is 3.25. The van der Waals surface area contributed by atoms with Gasteiger partial charge in [-0.05, 0) is 96.1 Å². The van der Waals surface area contributed by atoms with Gasteiger partial charge >= 0.3 is 24.1 Å². The number of benzene rings is 1. The smallest absolute Gasteiger partial charge is 0.415 e. The first kappa shape index (κ1) is 39.9. The molecule has 1 aromatic carbocycles. The number of carbonyl (C=O) groups excluding carboxylic acids is 1. The van der Waals surface area contributed by atoms with Crippen LogP contribution in [0.1, 0.15) is 49.1 Å². The Morgan fingerprint density at radius 1 is 0.759 bits per heavy atom. The predicted molar refractivity (Wildman–Crippen MR) is 193 cm³/mol. The molecule has 3 aromatic heterocycles. The van der Waals surface area contributed by atoms with Crippen LogP contribution in [0.2, 0.25) is 0 Å². The molecule has 0 spiro atoms. The minimum atomic E-state index is -1.00. The number of piperidine rings is 2. The summed E-state index contributed by atoms with van der Waals surface area (Å²) in [6.45, 7) is 4.06. The highest BCUT2D eigenvalue weighted by molar-refractivity contribution is 8.00. The Hall–Kier alpha value is -5.31. The molecule has 5 heterocycles. The molecule has 2 aliphatic heterocycles. The van der Waals surface area contributed by atoms with Crippen LogP contribution in [0.4, 0.5) is 9.59 Å². The lowest BCUT2D eigenvalue weighted by atomic mass is 10.1. The van der Waals surface area contributed by atoms with E-state index < -0.39 is 18.0 Å². The van der Waals surface area contributed by atoms with E-state index in [2.05, 4.69) is 36.0 Å². The molecule has 2 aliphatic rings. The Morgan fingerprint density at radius 3 is 1.93 bits per heavy atom. The van der Waals surface area contributed by atoms with E-state index in [1.165, 1.54) is 37.8 Å². The van der Waals surface area contributed by atoms with Crippen LogP contribution in [0.15, 0.2) is 52.8 Å². The molecule has 288 valence electrons. The standard InChI is InChI=1S/C24H28N6O4S.C9H13N5O4S/c1-17-3-2-4-19(25-17)8-5-18-6-9-20(10-7-18)34-24(33)29-14-11-21(12-15-29)35-23-26-27-28-30(23)16-13-22(31)32;15-7(16)5-14-8(10-11-12-14)19-6-1-3-13(4-2-6)9(17)18/h2-4,6-7,9-10,21H,5,8,11-16H2,1H3,(H,31,32);6H,1-5H2,(H,15,16)(H,17,18). The number of hydrogen-bond donors (Lipinski definition) is 3. The molecule has 3 N–H and O–H groups in total. The van der Waals surface area contributed by atoms with Crippen molar-refractivity contribution in [3.05, 3.63) is 59.4 Å². The highest BCUT2D eigenvalue weighted by atomic mass is 32.2. The van der Waals surface area contributed by atoms with Crippen molar-refractivity contribution in [1.82, 2.24) is 55.2 Å². The van der Waals surface area contributed by atoms with Crippen molar-refractivity contribution < 1.29 is 39.2 Å². The number of rotatable bonds is 13. The summed E-state index contributed by atoms with van der Waals surface area (Å²) in [6, 6.07) is 13.7. The zero-order valence-electron chi connectivity index (χ0n) is 29.5. The van der Waals surface area contributed by atoms with Crippen molar-refractivity contribution in [1.29, 1.82) is 0 Å². The lowest BCUT2D eigenvalue weighted by molar-refractivity contribution is -0.138. The third kappa shape index (κ3) is 12.4. The van der Waals surface area contributed by atoms with Gasteiger partial charge in [-0.25, -0.2) is 19.0 Å². The SMILES string of the molecule is Cc1cccc(CCc2ccc(OC(=O)N3CCC(Sc4nnnn4CCC(=O)O)CC3)cc2)n1.O=C(O)Cn1nnnc1SC1CCN(C(=O)O)CC1. The number of likely N-dealkylation sites (tertiary alicyclic amines) is 2. The fraction of sp³-hybridized carbons (Fsp3) is 0.485. The Morgan fingerprint density at radius 2 is 1.35 bits per heavy atom. The number of tetrazole rings is 2. The number of thioether (sulfide) groups is 2. The number of carbonyl (C=O) groups is 4. The van der Waals surface area contributed by atoms with E-state index in [9.17, 15) is 19.2 Å². The van der Waals surface area contributed by atoms with Crippen LogP contribution in [-0.2, 0) is 35.5 Å². The number of aromatic nitrogens is 9. The van der Waals surface area contributed by atoms with E-state index in [1.54, 1.807) is 4.90 Å². The molecule has 4 aromatic rings. The molecule has 0 saturated carbocycles. The third-order valence-electron chi connectivity index (χ3n) is 8.52. The molecule has 6 rings (SSSR count). The summed E-state index contributed by atoms with van der Waals surface area (Å²) < 4.78 is 8.32. The van der Waals surface area contributed by atoms with E-state index in [4.69, 9.17) is 20.1 Å². The van der Waals surface area contributed by atoms with Crippen LogP contribution in [0.3, 0.4) is 0 Å². The Kier molecular flexibility index (Phi) is 14.5. The number of hydrogen-bond acceptors (Lipinski definition) is 14. The number of carboxylic acids is 2. The van der Waals surface area contributed by atoms with E-state index in [1.807, 2.05) is 49.4 Å². The molecule has 21 heteroatoms. The number of amides is 2. The molecule has 0 radical (unpaired) electrons. The minimum Gasteiger partial charge on any atom is -0.481 e. The lowest BCUT2D eigenvalue weighted by Gasteiger charge is -2.30. The maximum Gasteiger partial charge on any atom is 0.415 e. The average molecular weight is 784 g/mol. The van der Waals surface area contributed by atoms with Crippen molar-refractivity contribution >= 4 is 47.6 Å². The lowest BCUT2D eigenvalue weighted by Crippen LogP contribution is -2.41. The molecule has 0 atom stereocenters. The monoisotopic (exact) mass is 783 g/mol. The maximum absolute atomic E-state index is 12.6. The minimum absolute atomic E-state index is 0.0339. The fourth-order valence-electron chi connectivity index (χ4n) is 5.65. The van der Waals surface area contributed by atoms with E-state index in [0.717, 1.165) is 42.6 Å². The van der Waals surface area contributed by atoms with Crippen LogP contribution < -0.4 is 4.74 Å². The van der Waals surface area contributed by atoms with Crippen LogP contribution >= 0.6 is 23.5 Å². The summed E-state index contributed by atoms with van der Waals surface area (Å²) in [5, 5.41) is 50.3. The highest BCUT2D eigenvalue weighted by Crippen LogP contribution is 2.30. The van der Waals surface area contributed by atoms with Gasteiger partial charge in [-0.15, -0.1) is 10.2 Å². The van der Waals surface area contributed by atoms with E-state index in [0.29, 0.717) is 55.1 Å².